The summed E-state index contributed by atoms with van der Waals surface area (Å²) in [5.41, 5.74) is 1.43. The Labute approximate surface area is 135 Å². The van der Waals surface area contributed by atoms with Gasteiger partial charge in [-0.05, 0) is 52.8 Å². The van der Waals surface area contributed by atoms with Crippen LogP contribution in [0.4, 0.5) is 0 Å². The zero-order chi connectivity index (χ0) is 17.2. The van der Waals surface area contributed by atoms with E-state index in [2.05, 4.69) is 15.6 Å². The first-order chi connectivity index (χ1) is 10.7. The Bertz CT molecular complexity index is 730. The van der Waals surface area contributed by atoms with Crippen LogP contribution in [0.5, 0.6) is 0 Å². The van der Waals surface area contributed by atoms with Gasteiger partial charge in [0.05, 0.1) is 11.1 Å². The fraction of sp³-hybridized carbons (Fsp3) is 0.500. The van der Waals surface area contributed by atoms with Gasteiger partial charge in [-0.2, -0.15) is 0 Å². The van der Waals surface area contributed by atoms with E-state index in [0.717, 1.165) is 5.52 Å². The molecule has 1 aromatic carbocycles. The van der Waals surface area contributed by atoms with Crippen LogP contribution in [0, 0.1) is 0 Å². The van der Waals surface area contributed by atoms with Crippen molar-refractivity contribution in [1.82, 2.24) is 20.3 Å². The van der Waals surface area contributed by atoms with E-state index in [-0.39, 0.29) is 11.4 Å². The van der Waals surface area contributed by atoms with Crippen LogP contribution in [0.3, 0.4) is 0 Å². The standard InChI is InChI=1S/C16H22N4O3/c1-6-20-13-8-7-11(9-12(13)18-19-20)15(22)23-10(2)14(21)17-16(3,4)5/h7-10H,6H2,1-5H3,(H,17,21)/t10-/m0/s1. The molecule has 0 aliphatic carbocycles. The van der Waals surface area contributed by atoms with E-state index in [9.17, 15) is 9.59 Å². The van der Waals surface area contributed by atoms with Crippen molar-refractivity contribution < 1.29 is 14.3 Å². The Hall–Kier alpha value is -2.44. The lowest BCUT2D eigenvalue weighted by Gasteiger charge is -2.23. The number of nitrogens with one attached hydrogen (secondary N) is 1. The maximum Gasteiger partial charge on any atom is 0.338 e. The van der Waals surface area contributed by atoms with Crippen molar-refractivity contribution in [3.05, 3.63) is 23.8 Å². The number of hydrogen-bond acceptors (Lipinski definition) is 5. The number of aromatic nitrogens is 3. The fourth-order valence-corrected chi connectivity index (χ4v) is 2.09. The third-order valence-electron chi connectivity index (χ3n) is 3.20. The van der Waals surface area contributed by atoms with E-state index in [1.165, 1.54) is 0 Å². The molecule has 0 aliphatic heterocycles. The van der Waals surface area contributed by atoms with Crippen LogP contribution in [0.1, 0.15) is 45.0 Å². The maximum atomic E-state index is 12.2. The zero-order valence-corrected chi connectivity index (χ0v) is 14.1. The van der Waals surface area contributed by atoms with Crippen LogP contribution in [-0.4, -0.2) is 38.5 Å². The Morgan fingerprint density at radius 3 is 2.65 bits per heavy atom. The quantitative estimate of drug-likeness (QED) is 0.870. The number of ether oxygens (including phenoxy) is 1. The van der Waals surface area contributed by atoms with Gasteiger partial charge >= 0.3 is 5.97 Å². The van der Waals surface area contributed by atoms with Crippen molar-refractivity contribution in [3.63, 3.8) is 0 Å². The molecule has 0 radical (unpaired) electrons. The highest BCUT2D eigenvalue weighted by Gasteiger charge is 2.23. The second-order valence-electron chi connectivity index (χ2n) is 6.40. The highest BCUT2D eigenvalue weighted by atomic mass is 16.5. The number of carbonyl (C=O) groups is 2. The second kappa shape index (κ2) is 6.36. The fourth-order valence-electron chi connectivity index (χ4n) is 2.09. The molecule has 2 rings (SSSR count). The largest absolute Gasteiger partial charge is 0.449 e. The summed E-state index contributed by atoms with van der Waals surface area (Å²) in [5, 5.41) is 10.8. The molecular weight excluding hydrogens is 296 g/mol. The van der Waals surface area contributed by atoms with Gasteiger partial charge in [0.15, 0.2) is 6.10 Å². The van der Waals surface area contributed by atoms with Gasteiger partial charge in [-0.3, -0.25) is 4.79 Å². The smallest absolute Gasteiger partial charge is 0.338 e. The number of esters is 1. The SMILES string of the molecule is CCn1nnc2cc(C(=O)O[C@@H](C)C(=O)NC(C)(C)C)ccc21. The highest BCUT2D eigenvalue weighted by molar-refractivity contribution is 5.95. The van der Waals surface area contributed by atoms with Gasteiger partial charge in [0.25, 0.3) is 5.91 Å². The van der Waals surface area contributed by atoms with Crippen LogP contribution in [0.25, 0.3) is 11.0 Å². The van der Waals surface area contributed by atoms with Gasteiger partial charge in [-0.1, -0.05) is 5.21 Å². The molecule has 1 N–H and O–H groups in total. The molecule has 0 saturated carbocycles. The minimum Gasteiger partial charge on any atom is -0.449 e. The van der Waals surface area contributed by atoms with Gasteiger partial charge in [-0.15, -0.1) is 5.10 Å². The van der Waals surface area contributed by atoms with E-state index in [1.54, 1.807) is 29.8 Å². The summed E-state index contributed by atoms with van der Waals surface area (Å²) in [5.74, 6) is -0.890. The first-order valence-corrected chi connectivity index (χ1v) is 7.57. The van der Waals surface area contributed by atoms with Crippen molar-refractivity contribution >= 4 is 22.9 Å². The number of aryl methyl sites for hydroxylation is 1. The zero-order valence-electron chi connectivity index (χ0n) is 14.1. The second-order valence-corrected chi connectivity index (χ2v) is 6.40. The van der Waals surface area contributed by atoms with Crippen LogP contribution >= 0.6 is 0 Å². The molecule has 2 aromatic rings. The molecule has 0 saturated heterocycles. The molecule has 1 heterocycles. The normalized spacial score (nSPS) is 12.9. The molecule has 0 fully saturated rings. The van der Waals surface area contributed by atoms with Gasteiger partial charge < -0.3 is 10.1 Å². The number of benzene rings is 1. The lowest BCUT2D eigenvalue weighted by Crippen LogP contribution is -2.46. The number of carbonyl (C=O) groups excluding carboxylic acids is 2. The average molecular weight is 318 g/mol. The summed E-state index contributed by atoms with van der Waals surface area (Å²) in [6, 6.07) is 5.04. The first kappa shape index (κ1) is 16.9. The maximum absolute atomic E-state index is 12.2. The molecule has 1 atom stereocenters. The molecule has 0 bridgehead atoms. The van der Waals surface area contributed by atoms with Gasteiger partial charge in [0.1, 0.15) is 5.52 Å². The molecule has 7 heteroatoms. The highest BCUT2D eigenvalue weighted by Crippen LogP contribution is 2.15. The van der Waals surface area contributed by atoms with Gasteiger partial charge in [0, 0.05) is 12.1 Å². The number of rotatable bonds is 4. The molecule has 0 spiro atoms. The summed E-state index contributed by atoms with van der Waals surface area (Å²) < 4.78 is 6.96. The number of amides is 1. The van der Waals surface area contributed by atoms with Crippen LogP contribution < -0.4 is 5.32 Å². The van der Waals surface area contributed by atoms with Crippen LogP contribution in [0.15, 0.2) is 18.2 Å². The van der Waals surface area contributed by atoms with Crippen molar-refractivity contribution in [3.8, 4) is 0 Å². The topological polar surface area (TPSA) is 86.1 Å². The molecule has 1 aromatic heterocycles. The third kappa shape index (κ3) is 4.06. The molecule has 124 valence electrons. The summed E-state index contributed by atoms with van der Waals surface area (Å²) in [4.78, 5) is 24.2. The van der Waals surface area contributed by atoms with Crippen molar-refractivity contribution in [1.29, 1.82) is 0 Å². The van der Waals surface area contributed by atoms with E-state index in [0.29, 0.717) is 17.6 Å². The number of nitrogens with zero attached hydrogens (tertiary/aromatic N) is 3. The average Bonchev–Trinajstić information content (AvgIpc) is 2.87. The van der Waals surface area contributed by atoms with Crippen molar-refractivity contribution in [2.45, 2.75) is 52.8 Å². The van der Waals surface area contributed by atoms with Crippen molar-refractivity contribution in [2.24, 2.45) is 0 Å². The molecule has 23 heavy (non-hydrogen) atoms. The number of hydrogen-bond donors (Lipinski definition) is 1. The third-order valence-corrected chi connectivity index (χ3v) is 3.20. The lowest BCUT2D eigenvalue weighted by molar-refractivity contribution is -0.130. The van der Waals surface area contributed by atoms with Crippen LogP contribution in [0.2, 0.25) is 0 Å². The Kier molecular flexibility index (Phi) is 4.68. The minimum atomic E-state index is -0.872. The summed E-state index contributed by atoms with van der Waals surface area (Å²) in [7, 11) is 0. The summed E-state index contributed by atoms with van der Waals surface area (Å²) >= 11 is 0. The molecule has 0 unspecified atom stereocenters. The summed E-state index contributed by atoms with van der Waals surface area (Å²) in [6.45, 7) is 9.81. The van der Waals surface area contributed by atoms with E-state index < -0.39 is 12.1 Å². The minimum absolute atomic E-state index is 0.330. The monoisotopic (exact) mass is 318 g/mol. The first-order valence-electron chi connectivity index (χ1n) is 7.57. The lowest BCUT2D eigenvalue weighted by atomic mass is 10.1. The number of fused-ring (bicyclic) bond motifs is 1. The Morgan fingerprint density at radius 1 is 1.35 bits per heavy atom. The Balaban J connectivity index is 2.10. The molecule has 0 aliphatic rings. The van der Waals surface area contributed by atoms with Gasteiger partial charge in [-0.25, -0.2) is 9.48 Å². The van der Waals surface area contributed by atoms with Gasteiger partial charge in [0.2, 0.25) is 0 Å². The predicted octanol–water partition coefficient (Wildman–Crippen LogP) is 1.91. The molecular formula is C16H22N4O3. The van der Waals surface area contributed by atoms with E-state index >= 15 is 0 Å². The summed E-state index contributed by atoms with van der Waals surface area (Å²) in [6.07, 6.45) is -0.872. The Morgan fingerprint density at radius 2 is 2.04 bits per heavy atom. The molecule has 7 nitrogen and oxygen atoms in total. The van der Waals surface area contributed by atoms with Crippen LogP contribution in [-0.2, 0) is 16.1 Å². The predicted molar refractivity (Wildman–Crippen MR) is 86.0 cm³/mol. The van der Waals surface area contributed by atoms with Crippen molar-refractivity contribution in [2.75, 3.05) is 0 Å². The molecule has 1 amide bonds. The van der Waals surface area contributed by atoms with E-state index in [4.69, 9.17) is 4.74 Å². The van der Waals surface area contributed by atoms with E-state index in [1.807, 2.05) is 27.7 Å².